The number of carbonyl (C=O) groups excluding carboxylic acids is 1. The fourth-order valence-corrected chi connectivity index (χ4v) is 5.19. The molecule has 0 aromatic heterocycles. The topological polar surface area (TPSA) is 38.8 Å². The lowest BCUT2D eigenvalue weighted by Crippen LogP contribution is -2.52. The molecule has 27 heavy (non-hydrogen) atoms. The maximum atomic E-state index is 13.5. The summed E-state index contributed by atoms with van der Waals surface area (Å²) in [6.07, 6.45) is 0.963. The van der Waals surface area contributed by atoms with E-state index in [1.807, 2.05) is 80.3 Å². The molecule has 0 bridgehead atoms. The summed E-state index contributed by atoms with van der Waals surface area (Å²) in [5.74, 6) is 2.64. The Morgan fingerprint density at radius 1 is 1.04 bits per heavy atom. The Kier molecular flexibility index (Phi) is 4.68. The number of amides is 1. The fourth-order valence-electron chi connectivity index (χ4n) is 3.87. The molecule has 4 nitrogen and oxygen atoms in total. The molecule has 1 amide bonds. The van der Waals surface area contributed by atoms with E-state index in [1.54, 1.807) is 11.8 Å². The number of thioether (sulfide) groups is 1. The highest BCUT2D eigenvalue weighted by Crippen LogP contribution is 2.46. The summed E-state index contributed by atoms with van der Waals surface area (Å²) in [6, 6.07) is 17.8. The first kappa shape index (κ1) is 18.4. The number of para-hydroxylation sites is 1. The van der Waals surface area contributed by atoms with Gasteiger partial charge < -0.3 is 14.4 Å². The van der Waals surface area contributed by atoms with Crippen LogP contribution in [0, 0.1) is 0 Å². The summed E-state index contributed by atoms with van der Waals surface area (Å²) < 4.78 is 11.2. The highest BCUT2D eigenvalue weighted by atomic mass is 32.2. The monoisotopic (exact) mass is 383 g/mol. The number of fused-ring (bicyclic) bond motifs is 1. The van der Waals surface area contributed by atoms with Crippen LogP contribution >= 0.6 is 11.8 Å². The van der Waals surface area contributed by atoms with E-state index < -0.39 is 10.5 Å². The standard InChI is InChI=1S/C22H25NO3S/c1-21(2)23-17(15-25-21)13-14-27-22(3,20(23)24)16-9-11-19(12-10-16)26-18-7-5-4-6-8-18/h4-12,17H,13-15H2,1-3H3/t17-,22+/m0/s1. The van der Waals surface area contributed by atoms with Gasteiger partial charge in [-0.1, -0.05) is 30.3 Å². The molecule has 2 aromatic rings. The minimum absolute atomic E-state index is 0.134. The summed E-state index contributed by atoms with van der Waals surface area (Å²) >= 11 is 1.73. The lowest BCUT2D eigenvalue weighted by molar-refractivity contribution is -0.148. The zero-order valence-electron chi connectivity index (χ0n) is 16.0. The van der Waals surface area contributed by atoms with Crippen molar-refractivity contribution in [2.45, 2.75) is 43.7 Å². The molecule has 2 aliphatic heterocycles. The van der Waals surface area contributed by atoms with E-state index in [0.29, 0.717) is 6.61 Å². The second kappa shape index (κ2) is 6.88. The van der Waals surface area contributed by atoms with Crippen LogP contribution < -0.4 is 4.74 Å². The number of hydrogen-bond donors (Lipinski definition) is 0. The quantitative estimate of drug-likeness (QED) is 0.764. The Balaban J connectivity index is 1.60. The molecular weight excluding hydrogens is 358 g/mol. The Bertz CT molecular complexity index is 821. The van der Waals surface area contributed by atoms with Gasteiger partial charge in [0.15, 0.2) is 0 Å². The molecule has 0 N–H and O–H groups in total. The van der Waals surface area contributed by atoms with Crippen molar-refractivity contribution in [2.24, 2.45) is 0 Å². The van der Waals surface area contributed by atoms with Crippen LogP contribution in [0.1, 0.15) is 32.8 Å². The van der Waals surface area contributed by atoms with Gasteiger partial charge in [0.25, 0.3) is 0 Å². The van der Waals surface area contributed by atoms with Crippen molar-refractivity contribution >= 4 is 17.7 Å². The number of carbonyl (C=O) groups is 1. The first-order valence-electron chi connectivity index (χ1n) is 9.35. The Hall–Kier alpha value is -1.98. The lowest BCUT2D eigenvalue weighted by Gasteiger charge is -2.38. The van der Waals surface area contributed by atoms with Crippen LogP contribution in [0.5, 0.6) is 11.5 Å². The molecule has 0 saturated carbocycles. The molecule has 0 unspecified atom stereocenters. The maximum Gasteiger partial charge on any atom is 0.245 e. The van der Waals surface area contributed by atoms with Crippen molar-refractivity contribution < 1.29 is 14.3 Å². The number of nitrogens with zero attached hydrogens (tertiary/aromatic N) is 1. The third-order valence-corrected chi connectivity index (χ3v) is 6.85. The average molecular weight is 384 g/mol. The molecule has 2 aliphatic rings. The number of ether oxygens (including phenoxy) is 2. The van der Waals surface area contributed by atoms with Crippen molar-refractivity contribution in [3.63, 3.8) is 0 Å². The fraction of sp³-hybridized carbons (Fsp3) is 0.409. The Morgan fingerprint density at radius 2 is 1.70 bits per heavy atom. The van der Waals surface area contributed by atoms with Crippen LogP contribution in [0.2, 0.25) is 0 Å². The third kappa shape index (κ3) is 3.34. The first-order valence-corrected chi connectivity index (χ1v) is 10.3. The van der Waals surface area contributed by atoms with Gasteiger partial charge in [-0.3, -0.25) is 4.79 Å². The van der Waals surface area contributed by atoms with Gasteiger partial charge in [-0.15, -0.1) is 11.8 Å². The van der Waals surface area contributed by atoms with E-state index in [9.17, 15) is 4.79 Å². The molecule has 2 heterocycles. The van der Waals surface area contributed by atoms with Crippen LogP contribution in [-0.2, 0) is 14.3 Å². The van der Waals surface area contributed by atoms with E-state index in [0.717, 1.165) is 29.2 Å². The molecular formula is C22H25NO3S. The molecule has 0 radical (unpaired) electrons. The van der Waals surface area contributed by atoms with Crippen LogP contribution in [0.15, 0.2) is 54.6 Å². The Labute approximate surface area is 164 Å². The van der Waals surface area contributed by atoms with Gasteiger partial charge >= 0.3 is 0 Å². The summed E-state index contributed by atoms with van der Waals surface area (Å²) in [5, 5.41) is 0. The predicted octanol–water partition coefficient (Wildman–Crippen LogP) is 4.79. The molecule has 0 spiro atoms. The van der Waals surface area contributed by atoms with Crippen molar-refractivity contribution in [1.29, 1.82) is 0 Å². The summed E-state index contributed by atoms with van der Waals surface area (Å²) in [7, 11) is 0. The Morgan fingerprint density at radius 3 is 2.41 bits per heavy atom. The van der Waals surface area contributed by atoms with Gasteiger partial charge in [-0.25, -0.2) is 0 Å². The molecule has 2 aromatic carbocycles. The number of hydrogen-bond acceptors (Lipinski definition) is 4. The van der Waals surface area contributed by atoms with Crippen LogP contribution in [0.4, 0.5) is 0 Å². The third-order valence-electron chi connectivity index (χ3n) is 5.43. The molecule has 5 heteroatoms. The van der Waals surface area contributed by atoms with E-state index in [1.165, 1.54) is 0 Å². The molecule has 0 aliphatic carbocycles. The van der Waals surface area contributed by atoms with Gasteiger partial charge in [0, 0.05) is 0 Å². The van der Waals surface area contributed by atoms with Gasteiger partial charge in [0.2, 0.25) is 5.91 Å². The second-order valence-corrected chi connectivity index (χ2v) is 9.21. The SMILES string of the molecule is CC1(C)OC[C@@H]2CCS[C@](C)(c3ccc(Oc4ccccc4)cc3)C(=O)N21. The molecule has 2 atom stereocenters. The normalized spacial score (nSPS) is 27.1. The van der Waals surface area contributed by atoms with Crippen LogP contribution in [0.25, 0.3) is 0 Å². The number of benzene rings is 2. The van der Waals surface area contributed by atoms with Crippen molar-refractivity contribution in [1.82, 2.24) is 4.90 Å². The van der Waals surface area contributed by atoms with Gasteiger partial charge in [-0.05, 0) is 62.8 Å². The predicted molar refractivity (Wildman–Crippen MR) is 108 cm³/mol. The van der Waals surface area contributed by atoms with Crippen molar-refractivity contribution in [3.8, 4) is 11.5 Å². The average Bonchev–Trinajstić information content (AvgIpc) is 2.88. The first-order chi connectivity index (χ1) is 12.9. The van der Waals surface area contributed by atoms with E-state index in [-0.39, 0.29) is 11.9 Å². The van der Waals surface area contributed by atoms with E-state index in [4.69, 9.17) is 9.47 Å². The maximum absolute atomic E-state index is 13.5. The smallest absolute Gasteiger partial charge is 0.245 e. The van der Waals surface area contributed by atoms with Gasteiger partial charge in [0.05, 0.1) is 12.6 Å². The van der Waals surface area contributed by atoms with Crippen LogP contribution in [0.3, 0.4) is 0 Å². The highest BCUT2D eigenvalue weighted by molar-refractivity contribution is 8.00. The largest absolute Gasteiger partial charge is 0.457 e. The second-order valence-electron chi connectivity index (χ2n) is 7.70. The lowest BCUT2D eigenvalue weighted by atomic mass is 9.96. The minimum Gasteiger partial charge on any atom is -0.457 e. The summed E-state index contributed by atoms with van der Waals surface area (Å²) in [6.45, 7) is 6.62. The van der Waals surface area contributed by atoms with E-state index >= 15 is 0 Å². The van der Waals surface area contributed by atoms with E-state index in [2.05, 4.69) is 0 Å². The number of rotatable bonds is 3. The van der Waals surface area contributed by atoms with Crippen LogP contribution in [-0.4, -0.2) is 34.9 Å². The minimum atomic E-state index is -0.620. The van der Waals surface area contributed by atoms with Crippen molar-refractivity contribution in [2.75, 3.05) is 12.4 Å². The van der Waals surface area contributed by atoms with Crippen molar-refractivity contribution in [3.05, 3.63) is 60.2 Å². The van der Waals surface area contributed by atoms with Gasteiger partial charge in [0.1, 0.15) is 22.0 Å². The summed E-state index contributed by atoms with van der Waals surface area (Å²) in [5.41, 5.74) is 0.450. The molecule has 4 rings (SSSR count). The summed E-state index contributed by atoms with van der Waals surface area (Å²) in [4.78, 5) is 15.5. The molecule has 2 fully saturated rings. The molecule has 2 saturated heterocycles. The zero-order valence-corrected chi connectivity index (χ0v) is 16.8. The highest BCUT2D eigenvalue weighted by Gasteiger charge is 2.52. The zero-order chi connectivity index (χ0) is 19.1. The van der Waals surface area contributed by atoms with Gasteiger partial charge in [-0.2, -0.15) is 0 Å². The molecule has 142 valence electrons.